The molecule has 0 bridgehead atoms. The highest BCUT2D eigenvalue weighted by molar-refractivity contribution is 5.66. The first-order chi connectivity index (χ1) is 17.5. The molecule has 0 rings (SSSR count). The van der Waals surface area contributed by atoms with E-state index in [1.165, 1.54) is 154 Å². The molecule has 0 saturated carbocycles. The van der Waals surface area contributed by atoms with Crippen molar-refractivity contribution >= 4 is 5.97 Å². The van der Waals surface area contributed by atoms with Gasteiger partial charge in [-0.15, -0.1) is 0 Å². The van der Waals surface area contributed by atoms with Gasteiger partial charge in [-0.3, -0.25) is 4.79 Å². The summed E-state index contributed by atoms with van der Waals surface area (Å²) in [5.41, 5.74) is 7.06. The van der Waals surface area contributed by atoms with E-state index in [0.29, 0.717) is 6.42 Å². The molecular formula is C33H69NO2. The van der Waals surface area contributed by atoms with Crippen LogP contribution in [0.1, 0.15) is 201 Å². The van der Waals surface area contributed by atoms with Gasteiger partial charge in [0.15, 0.2) is 0 Å². The van der Waals surface area contributed by atoms with Crippen LogP contribution in [0.15, 0.2) is 0 Å². The first kappa shape index (κ1) is 37.6. The van der Waals surface area contributed by atoms with Gasteiger partial charge in [-0.2, -0.15) is 0 Å². The van der Waals surface area contributed by atoms with E-state index in [-0.39, 0.29) is 5.54 Å². The van der Waals surface area contributed by atoms with Gasteiger partial charge >= 0.3 is 5.97 Å². The highest BCUT2D eigenvalue weighted by Crippen LogP contribution is 2.27. The Morgan fingerprint density at radius 1 is 0.472 bits per heavy atom. The standard InChI is InChI=1S/C25H53N.C8H16O2/c1-4-7-10-13-16-19-22-25(26,23-20-17-14-11-8-5-2)24-21-18-15-12-9-6-3;1-2-3-4-5-6-7-8(9)10/h4-24,26H2,1-3H3;2-7H2,1H3,(H,9,10). The van der Waals surface area contributed by atoms with Gasteiger partial charge in [0.05, 0.1) is 0 Å². The fourth-order valence-electron chi connectivity index (χ4n) is 5.03. The number of carboxylic acids is 1. The van der Waals surface area contributed by atoms with Crippen LogP contribution in [0.5, 0.6) is 0 Å². The maximum atomic E-state index is 10.0. The predicted octanol–water partition coefficient (Wildman–Crippen LogP) is 11.4. The number of rotatable bonds is 27. The minimum absolute atomic E-state index is 0.139. The highest BCUT2D eigenvalue weighted by atomic mass is 16.4. The van der Waals surface area contributed by atoms with E-state index in [4.69, 9.17) is 10.8 Å². The van der Waals surface area contributed by atoms with Crippen molar-refractivity contribution in [1.82, 2.24) is 0 Å². The number of hydrogen-bond donors (Lipinski definition) is 2. The Kier molecular flexibility index (Phi) is 32.0. The van der Waals surface area contributed by atoms with Gasteiger partial charge in [0, 0.05) is 12.0 Å². The molecule has 0 aliphatic rings. The van der Waals surface area contributed by atoms with Gasteiger partial charge in [-0.1, -0.05) is 169 Å². The van der Waals surface area contributed by atoms with Crippen LogP contribution in [-0.4, -0.2) is 16.6 Å². The second kappa shape index (κ2) is 30.7. The largest absolute Gasteiger partial charge is 0.481 e. The van der Waals surface area contributed by atoms with Gasteiger partial charge in [0.25, 0.3) is 0 Å². The Bertz CT molecular complexity index is 383. The lowest BCUT2D eigenvalue weighted by Gasteiger charge is -2.30. The second-order valence-corrected chi connectivity index (χ2v) is 11.5. The van der Waals surface area contributed by atoms with E-state index < -0.39 is 5.97 Å². The van der Waals surface area contributed by atoms with Crippen molar-refractivity contribution in [3.63, 3.8) is 0 Å². The summed E-state index contributed by atoms with van der Waals surface area (Å²) < 4.78 is 0. The number of carbonyl (C=O) groups is 1. The Hall–Kier alpha value is -0.570. The van der Waals surface area contributed by atoms with Crippen LogP contribution < -0.4 is 5.73 Å². The summed E-state index contributed by atoms with van der Waals surface area (Å²) in [7, 11) is 0. The molecule has 0 aromatic carbocycles. The molecule has 218 valence electrons. The van der Waals surface area contributed by atoms with Crippen LogP contribution in [0.3, 0.4) is 0 Å². The monoisotopic (exact) mass is 512 g/mol. The molecular weight excluding hydrogens is 442 g/mol. The summed E-state index contributed by atoms with van der Waals surface area (Å²) in [6.07, 6.45) is 34.7. The molecule has 0 radical (unpaired) electrons. The number of aliphatic carboxylic acids is 1. The van der Waals surface area contributed by atoms with Crippen molar-refractivity contribution in [2.75, 3.05) is 0 Å². The van der Waals surface area contributed by atoms with Gasteiger partial charge in [0.1, 0.15) is 0 Å². The summed E-state index contributed by atoms with van der Waals surface area (Å²) in [5, 5.41) is 8.27. The lowest BCUT2D eigenvalue weighted by molar-refractivity contribution is -0.137. The third kappa shape index (κ3) is 31.5. The molecule has 0 aromatic heterocycles. The highest BCUT2D eigenvalue weighted by Gasteiger charge is 2.23. The average Bonchev–Trinajstić information content (AvgIpc) is 2.86. The maximum Gasteiger partial charge on any atom is 0.303 e. The maximum absolute atomic E-state index is 10.0. The molecule has 0 aliphatic heterocycles. The molecule has 0 saturated heterocycles. The molecule has 0 spiro atoms. The molecule has 3 nitrogen and oxygen atoms in total. The van der Waals surface area contributed by atoms with E-state index in [2.05, 4.69) is 27.7 Å². The quantitative estimate of drug-likeness (QED) is 0.108. The predicted molar refractivity (Wildman–Crippen MR) is 162 cm³/mol. The van der Waals surface area contributed by atoms with Crippen molar-refractivity contribution in [3.05, 3.63) is 0 Å². The Labute approximate surface area is 228 Å². The normalized spacial score (nSPS) is 11.4. The van der Waals surface area contributed by atoms with Gasteiger partial charge in [-0.25, -0.2) is 0 Å². The van der Waals surface area contributed by atoms with Crippen LogP contribution >= 0.6 is 0 Å². The van der Waals surface area contributed by atoms with E-state index in [1.54, 1.807) is 0 Å². The Balaban J connectivity index is 0. The van der Waals surface area contributed by atoms with Crippen LogP contribution in [-0.2, 0) is 4.79 Å². The molecule has 0 fully saturated rings. The minimum atomic E-state index is -0.670. The molecule has 0 amide bonds. The van der Waals surface area contributed by atoms with E-state index in [9.17, 15) is 4.79 Å². The van der Waals surface area contributed by atoms with Crippen molar-refractivity contribution in [3.8, 4) is 0 Å². The van der Waals surface area contributed by atoms with E-state index in [0.717, 1.165) is 12.8 Å². The molecule has 0 unspecified atom stereocenters. The third-order valence-corrected chi connectivity index (χ3v) is 7.58. The first-order valence-electron chi connectivity index (χ1n) is 16.5. The fourth-order valence-corrected chi connectivity index (χ4v) is 5.03. The number of unbranched alkanes of at least 4 members (excludes halogenated alkanes) is 19. The van der Waals surface area contributed by atoms with Crippen LogP contribution in [0.25, 0.3) is 0 Å². The molecule has 0 aromatic rings. The molecule has 36 heavy (non-hydrogen) atoms. The van der Waals surface area contributed by atoms with Crippen LogP contribution in [0, 0.1) is 0 Å². The molecule has 3 N–H and O–H groups in total. The van der Waals surface area contributed by atoms with Crippen molar-refractivity contribution in [1.29, 1.82) is 0 Å². The molecule has 0 heterocycles. The summed E-state index contributed by atoms with van der Waals surface area (Å²) in [5.74, 6) is -0.670. The number of carboxylic acid groups (broad SMARTS) is 1. The van der Waals surface area contributed by atoms with E-state index in [1.807, 2.05) is 0 Å². The van der Waals surface area contributed by atoms with Crippen LogP contribution in [0.2, 0.25) is 0 Å². The smallest absolute Gasteiger partial charge is 0.303 e. The Morgan fingerprint density at radius 3 is 1.00 bits per heavy atom. The van der Waals surface area contributed by atoms with Gasteiger partial charge in [-0.05, 0) is 25.7 Å². The third-order valence-electron chi connectivity index (χ3n) is 7.58. The average molecular weight is 512 g/mol. The lowest BCUT2D eigenvalue weighted by atomic mass is 9.82. The van der Waals surface area contributed by atoms with Crippen LogP contribution in [0.4, 0.5) is 0 Å². The molecule has 3 heteroatoms. The first-order valence-corrected chi connectivity index (χ1v) is 16.5. The zero-order valence-electron chi connectivity index (χ0n) is 25.5. The van der Waals surface area contributed by atoms with Crippen molar-refractivity contribution in [2.45, 2.75) is 207 Å². The summed E-state index contributed by atoms with van der Waals surface area (Å²) in [6, 6.07) is 0. The van der Waals surface area contributed by atoms with Gasteiger partial charge in [0.2, 0.25) is 0 Å². The Morgan fingerprint density at radius 2 is 0.722 bits per heavy atom. The van der Waals surface area contributed by atoms with Crippen molar-refractivity contribution in [2.24, 2.45) is 5.73 Å². The lowest BCUT2D eigenvalue weighted by Crippen LogP contribution is -2.39. The van der Waals surface area contributed by atoms with Crippen molar-refractivity contribution < 1.29 is 9.90 Å². The molecule has 0 atom stereocenters. The van der Waals surface area contributed by atoms with E-state index >= 15 is 0 Å². The minimum Gasteiger partial charge on any atom is -0.481 e. The summed E-state index contributed by atoms with van der Waals surface area (Å²) in [6.45, 7) is 9.04. The second-order valence-electron chi connectivity index (χ2n) is 11.5. The summed E-state index contributed by atoms with van der Waals surface area (Å²) in [4.78, 5) is 10.0. The number of hydrogen-bond acceptors (Lipinski definition) is 2. The number of nitrogens with two attached hydrogens (primary N) is 1. The zero-order chi connectivity index (χ0) is 27.2. The summed E-state index contributed by atoms with van der Waals surface area (Å²) >= 11 is 0. The SMILES string of the molecule is CCCCCCCC(=O)O.CCCCCCCCC(N)(CCCCCCCC)CCCCCCCC. The zero-order valence-corrected chi connectivity index (χ0v) is 25.5. The topological polar surface area (TPSA) is 63.3 Å². The fraction of sp³-hybridized carbons (Fsp3) is 0.970. The van der Waals surface area contributed by atoms with Gasteiger partial charge < -0.3 is 10.8 Å². The molecule has 0 aliphatic carbocycles.